The number of carbonyl (C=O) groups excluding carboxylic acids is 1. The fourth-order valence-corrected chi connectivity index (χ4v) is 3.20. The first kappa shape index (κ1) is 13.7. The predicted octanol–water partition coefficient (Wildman–Crippen LogP) is 2.02. The maximum absolute atomic E-state index is 12.5. The molecule has 1 aromatic carbocycles. The Hall–Kier alpha value is -1.34. The molecule has 0 fully saturated rings. The summed E-state index contributed by atoms with van der Waals surface area (Å²) >= 11 is 0. The van der Waals surface area contributed by atoms with Gasteiger partial charge in [-0.3, -0.25) is 4.57 Å². The van der Waals surface area contributed by atoms with Crippen LogP contribution in [0, 0.1) is 0 Å². The summed E-state index contributed by atoms with van der Waals surface area (Å²) in [5.74, 6) is 2.29. The second kappa shape index (κ2) is 6.41. The van der Waals surface area contributed by atoms with Crippen LogP contribution in [-0.2, 0) is 13.9 Å². The molecule has 1 aromatic rings. The van der Waals surface area contributed by atoms with Gasteiger partial charge in [0.25, 0.3) is 0 Å². The molecule has 4 nitrogen and oxygen atoms in total. The average Bonchev–Trinajstić information content (AvgIpc) is 2.39. The highest BCUT2D eigenvalue weighted by Crippen LogP contribution is 2.45. The average molecular weight is 254 g/mol. The van der Waals surface area contributed by atoms with Crippen molar-refractivity contribution in [3.8, 4) is 5.75 Å². The fourth-order valence-electron chi connectivity index (χ4n) is 1.44. The van der Waals surface area contributed by atoms with Gasteiger partial charge in [-0.1, -0.05) is 6.07 Å². The van der Waals surface area contributed by atoms with Crippen LogP contribution in [-0.4, -0.2) is 26.3 Å². The van der Waals surface area contributed by atoms with Crippen LogP contribution >= 0.6 is 7.37 Å². The number of benzene rings is 1. The lowest BCUT2D eigenvalue weighted by molar-refractivity contribution is 0.401. The van der Waals surface area contributed by atoms with Gasteiger partial charge in [0, 0.05) is 24.7 Å². The molecule has 92 valence electrons. The molecule has 0 spiro atoms. The molecule has 0 bridgehead atoms. The molecule has 0 radical (unpaired) electrons. The van der Waals surface area contributed by atoms with Gasteiger partial charge in [0.05, 0.1) is 7.11 Å². The Balaban J connectivity index is 2.98. The number of hydrogen-bond acceptors (Lipinski definition) is 4. The molecule has 17 heavy (non-hydrogen) atoms. The molecule has 0 aromatic heterocycles. The SMILES string of the molecule is COc1cccc(P(=O)(CCC=C=O)OC)c1. The third-order valence-corrected chi connectivity index (χ3v) is 4.89. The van der Waals surface area contributed by atoms with Gasteiger partial charge < -0.3 is 9.26 Å². The summed E-state index contributed by atoms with van der Waals surface area (Å²) in [5, 5.41) is 0.596. The molecule has 0 heterocycles. The minimum Gasteiger partial charge on any atom is -0.497 e. The molecule has 0 N–H and O–H groups in total. The molecule has 0 saturated carbocycles. The van der Waals surface area contributed by atoms with E-state index in [9.17, 15) is 9.36 Å². The van der Waals surface area contributed by atoms with Crippen LogP contribution in [0.15, 0.2) is 30.3 Å². The molecule has 1 atom stereocenters. The third kappa shape index (κ3) is 3.57. The largest absolute Gasteiger partial charge is 0.497 e. The maximum atomic E-state index is 12.5. The number of rotatable bonds is 6. The van der Waals surface area contributed by atoms with Crippen molar-refractivity contribution in [1.82, 2.24) is 0 Å². The number of hydrogen-bond donors (Lipinski definition) is 0. The van der Waals surface area contributed by atoms with E-state index < -0.39 is 7.37 Å². The Morgan fingerprint density at radius 1 is 1.41 bits per heavy atom. The van der Waals surface area contributed by atoms with Crippen molar-refractivity contribution < 1.29 is 18.6 Å². The van der Waals surface area contributed by atoms with E-state index in [-0.39, 0.29) is 6.16 Å². The van der Waals surface area contributed by atoms with Crippen LogP contribution in [0.4, 0.5) is 0 Å². The summed E-state index contributed by atoms with van der Waals surface area (Å²) in [7, 11) is 0.0426. The van der Waals surface area contributed by atoms with Crippen LogP contribution in [0.5, 0.6) is 5.75 Å². The second-order valence-corrected chi connectivity index (χ2v) is 6.07. The van der Waals surface area contributed by atoms with Gasteiger partial charge in [0.15, 0.2) is 0 Å². The van der Waals surface area contributed by atoms with Gasteiger partial charge in [0.2, 0.25) is 7.37 Å². The van der Waals surface area contributed by atoms with E-state index >= 15 is 0 Å². The van der Waals surface area contributed by atoms with Crippen molar-refractivity contribution in [2.45, 2.75) is 6.42 Å². The first-order valence-corrected chi connectivity index (χ1v) is 6.96. The highest BCUT2D eigenvalue weighted by atomic mass is 31.2. The van der Waals surface area contributed by atoms with Crippen LogP contribution in [0.3, 0.4) is 0 Å². The van der Waals surface area contributed by atoms with Crippen LogP contribution in [0.25, 0.3) is 0 Å². The Morgan fingerprint density at radius 2 is 2.18 bits per heavy atom. The van der Waals surface area contributed by atoms with Gasteiger partial charge in [-0.2, -0.15) is 0 Å². The van der Waals surface area contributed by atoms with Gasteiger partial charge in [-0.15, -0.1) is 0 Å². The van der Waals surface area contributed by atoms with Crippen molar-refractivity contribution in [2.75, 3.05) is 20.4 Å². The van der Waals surface area contributed by atoms with E-state index in [2.05, 4.69) is 0 Å². The third-order valence-electron chi connectivity index (χ3n) is 2.39. The van der Waals surface area contributed by atoms with E-state index in [0.717, 1.165) is 0 Å². The van der Waals surface area contributed by atoms with Crippen molar-refractivity contribution in [3.05, 3.63) is 30.3 Å². The molecule has 0 aliphatic heterocycles. The minimum atomic E-state index is -2.91. The van der Waals surface area contributed by atoms with Crippen LogP contribution in [0.1, 0.15) is 6.42 Å². The normalized spacial score (nSPS) is 13.5. The monoisotopic (exact) mass is 254 g/mol. The molecular weight excluding hydrogens is 239 g/mol. The Kier molecular flexibility index (Phi) is 5.17. The fraction of sp³-hybridized carbons (Fsp3) is 0.333. The highest BCUT2D eigenvalue weighted by molar-refractivity contribution is 7.67. The quantitative estimate of drug-likeness (QED) is 0.575. The van der Waals surface area contributed by atoms with Gasteiger partial charge in [0.1, 0.15) is 11.7 Å². The molecule has 1 unspecified atom stereocenters. The van der Waals surface area contributed by atoms with E-state index in [1.165, 1.54) is 13.2 Å². The molecule has 0 aliphatic rings. The summed E-state index contributed by atoms with van der Waals surface area (Å²) in [6, 6.07) is 6.95. The topological polar surface area (TPSA) is 52.6 Å². The molecule has 0 aliphatic carbocycles. The summed E-state index contributed by atoms with van der Waals surface area (Å²) < 4.78 is 22.7. The summed E-state index contributed by atoms with van der Waals surface area (Å²) in [6.07, 6.45) is 1.98. The Bertz CT molecular complexity index is 463. The number of allylic oxidation sites excluding steroid dienone is 1. The van der Waals surface area contributed by atoms with Gasteiger partial charge in [-0.25, -0.2) is 4.79 Å². The van der Waals surface area contributed by atoms with Crippen LogP contribution in [0.2, 0.25) is 0 Å². The maximum Gasteiger partial charge on any atom is 0.232 e. The van der Waals surface area contributed by atoms with Crippen molar-refractivity contribution in [2.24, 2.45) is 0 Å². The Labute approximate surface area is 101 Å². The van der Waals surface area contributed by atoms with Crippen molar-refractivity contribution in [1.29, 1.82) is 0 Å². The van der Waals surface area contributed by atoms with Crippen molar-refractivity contribution in [3.63, 3.8) is 0 Å². The molecule has 0 saturated heterocycles. The van der Waals surface area contributed by atoms with E-state index in [4.69, 9.17) is 9.26 Å². The smallest absolute Gasteiger partial charge is 0.232 e. The second-order valence-electron chi connectivity index (χ2n) is 3.39. The lowest BCUT2D eigenvalue weighted by Gasteiger charge is -2.16. The van der Waals surface area contributed by atoms with E-state index in [1.54, 1.807) is 37.3 Å². The first-order chi connectivity index (χ1) is 8.16. The minimum absolute atomic E-state index is 0.284. The summed E-state index contributed by atoms with van der Waals surface area (Å²) in [6.45, 7) is 0. The summed E-state index contributed by atoms with van der Waals surface area (Å²) in [4.78, 5) is 10.1. The summed E-state index contributed by atoms with van der Waals surface area (Å²) in [5.41, 5.74) is 0. The van der Waals surface area contributed by atoms with E-state index in [0.29, 0.717) is 17.5 Å². The first-order valence-electron chi connectivity index (χ1n) is 5.15. The lowest BCUT2D eigenvalue weighted by atomic mass is 10.3. The van der Waals surface area contributed by atoms with E-state index in [1.807, 2.05) is 0 Å². The van der Waals surface area contributed by atoms with Crippen molar-refractivity contribution >= 4 is 18.6 Å². The van der Waals surface area contributed by atoms with Crippen LogP contribution < -0.4 is 10.0 Å². The molecule has 5 heteroatoms. The van der Waals surface area contributed by atoms with Gasteiger partial charge in [-0.05, 0) is 24.6 Å². The highest BCUT2D eigenvalue weighted by Gasteiger charge is 2.23. The zero-order valence-corrected chi connectivity index (χ0v) is 10.8. The zero-order chi connectivity index (χ0) is 12.7. The zero-order valence-electron chi connectivity index (χ0n) is 9.88. The molecule has 1 rings (SSSR count). The number of ether oxygens (including phenoxy) is 1. The van der Waals surface area contributed by atoms with Gasteiger partial charge >= 0.3 is 0 Å². The Morgan fingerprint density at radius 3 is 2.76 bits per heavy atom. The standard InChI is InChI=1S/C12H15O4P/c1-15-11-6-5-7-12(10-11)17(14,16-2)9-4-3-8-13/h3,5-7,10H,4,9H2,1-2H3. The number of methoxy groups -OCH3 is 1. The lowest BCUT2D eigenvalue weighted by Crippen LogP contribution is -2.09. The molecule has 0 amide bonds. The molecular formula is C12H15O4P. The predicted molar refractivity (Wildman–Crippen MR) is 67.0 cm³/mol.